The Morgan fingerprint density at radius 2 is 1.74 bits per heavy atom. The minimum absolute atomic E-state index is 0.296. The molecule has 0 aliphatic rings. The number of carbonyl (C=O) groups excluding carboxylic acids is 1. The average molecular weight is 377 g/mol. The van der Waals surface area contributed by atoms with Crippen molar-refractivity contribution in [3.8, 4) is 5.69 Å². The maximum atomic E-state index is 12.8. The molecule has 2 aromatic heterocycles. The standard InChI is InChI=1S/C21H17ClN4O/c1-13-8-6-7-11-17(13)24-21(27)16-12-23-20-18(19(16)22)14(2)25-26(20)15-9-4-3-5-10-15/h3-12H,1-2H3,(H,24,27). The summed E-state index contributed by atoms with van der Waals surface area (Å²) in [6.45, 7) is 3.80. The third-order valence-corrected chi connectivity index (χ3v) is 4.84. The number of carbonyl (C=O) groups is 1. The fourth-order valence-electron chi connectivity index (χ4n) is 3.02. The molecule has 27 heavy (non-hydrogen) atoms. The fraction of sp³-hybridized carbons (Fsp3) is 0.0952. The zero-order valence-electron chi connectivity index (χ0n) is 14.9. The molecule has 1 N–H and O–H groups in total. The molecule has 0 aliphatic carbocycles. The van der Waals surface area contributed by atoms with E-state index in [0.717, 1.165) is 22.6 Å². The van der Waals surface area contributed by atoms with Gasteiger partial charge in [0.25, 0.3) is 5.91 Å². The van der Waals surface area contributed by atoms with E-state index in [2.05, 4.69) is 15.4 Å². The summed E-state index contributed by atoms with van der Waals surface area (Å²) in [5.74, 6) is -0.296. The molecule has 0 bridgehead atoms. The summed E-state index contributed by atoms with van der Waals surface area (Å²) in [5.41, 5.74) is 4.27. The van der Waals surface area contributed by atoms with E-state index in [1.807, 2.05) is 68.4 Å². The summed E-state index contributed by atoms with van der Waals surface area (Å²) in [6.07, 6.45) is 1.50. The highest BCUT2D eigenvalue weighted by Crippen LogP contribution is 2.30. The molecule has 2 aromatic carbocycles. The van der Waals surface area contributed by atoms with Crippen molar-refractivity contribution in [1.82, 2.24) is 14.8 Å². The molecule has 6 heteroatoms. The zero-order chi connectivity index (χ0) is 19.0. The van der Waals surface area contributed by atoms with Crippen LogP contribution < -0.4 is 5.32 Å². The zero-order valence-corrected chi connectivity index (χ0v) is 15.7. The van der Waals surface area contributed by atoms with E-state index in [-0.39, 0.29) is 5.91 Å². The number of amides is 1. The van der Waals surface area contributed by atoms with E-state index < -0.39 is 0 Å². The topological polar surface area (TPSA) is 59.8 Å². The molecular formula is C21H17ClN4O. The fourth-order valence-corrected chi connectivity index (χ4v) is 3.37. The SMILES string of the molecule is Cc1ccccc1NC(=O)c1cnc2c(c(C)nn2-c2ccccc2)c1Cl. The number of anilines is 1. The van der Waals surface area contributed by atoms with Crippen LogP contribution in [0.1, 0.15) is 21.6 Å². The third-order valence-electron chi connectivity index (χ3n) is 4.45. The van der Waals surface area contributed by atoms with Crippen LogP contribution in [0.3, 0.4) is 0 Å². The van der Waals surface area contributed by atoms with Gasteiger partial charge in [0.05, 0.1) is 27.4 Å². The number of fused-ring (bicyclic) bond motifs is 1. The summed E-state index contributed by atoms with van der Waals surface area (Å²) in [6, 6.07) is 17.3. The summed E-state index contributed by atoms with van der Waals surface area (Å²) in [5, 5.41) is 8.49. The number of benzene rings is 2. The van der Waals surface area contributed by atoms with Crippen LogP contribution in [0.2, 0.25) is 5.02 Å². The number of hydrogen-bond donors (Lipinski definition) is 1. The molecule has 4 aromatic rings. The minimum Gasteiger partial charge on any atom is -0.322 e. The second kappa shape index (κ2) is 6.85. The Bertz CT molecular complexity index is 1150. The Kier molecular flexibility index (Phi) is 4.38. The number of aryl methyl sites for hydroxylation is 2. The lowest BCUT2D eigenvalue weighted by molar-refractivity contribution is 0.102. The molecular weight excluding hydrogens is 360 g/mol. The molecule has 5 nitrogen and oxygen atoms in total. The maximum Gasteiger partial charge on any atom is 0.258 e. The molecule has 2 heterocycles. The largest absolute Gasteiger partial charge is 0.322 e. The summed E-state index contributed by atoms with van der Waals surface area (Å²) in [7, 11) is 0. The number of aromatic nitrogens is 3. The Hall–Kier alpha value is -3.18. The first-order chi connectivity index (χ1) is 13.1. The van der Waals surface area contributed by atoms with Crippen LogP contribution in [-0.4, -0.2) is 20.7 Å². The predicted octanol–water partition coefficient (Wildman–Crippen LogP) is 4.94. The number of nitrogens with zero attached hydrogens (tertiary/aromatic N) is 3. The summed E-state index contributed by atoms with van der Waals surface area (Å²) < 4.78 is 1.74. The van der Waals surface area contributed by atoms with Gasteiger partial charge in [-0.1, -0.05) is 48.0 Å². The van der Waals surface area contributed by atoms with Gasteiger partial charge >= 0.3 is 0 Å². The highest BCUT2D eigenvalue weighted by Gasteiger charge is 2.20. The van der Waals surface area contributed by atoms with Crippen molar-refractivity contribution < 1.29 is 4.79 Å². The van der Waals surface area contributed by atoms with E-state index in [0.29, 0.717) is 21.6 Å². The highest BCUT2D eigenvalue weighted by molar-refractivity contribution is 6.39. The van der Waals surface area contributed by atoms with Crippen LogP contribution in [-0.2, 0) is 0 Å². The molecule has 0 unspecified atom stereocenters. The first kappa shape index (κ1) is 17.2. The van der Waals surface area contributed by atoms with Gasteiger partial charge in [0, 0.05) is 11.9 Å². The third kappa shape index (κ3) is 3.06. The van der Waals surface area contributed by atoms with Crippen molar-refractivity contribution in [1.29, 1.82) is 0 Å². The van der Waals surface area contributed by atoms with E-state index in [1.165, 1.54) is 6.20 Å². The maximum absolute atomic E-state index is 12.8. The number of nitrogens with one attached hydrogen (secondary N) is 1. The van der Waals surface area contributed by atoms with Gasteiger partial charge in [-0.15, -0.1) is 0 Å². The van der Waals surface area contributed by atoms with Crippen LogP contribution in [0.5, 0.6) is 0 Å². The molecule has 0 saturated heterocycles. The molecule has 0 radical (unpaired) electrons. The lowest BCUT2D eigenvalue weighted by Gasteiger charge is -2.10. The normalized spacial score (nSPS) is 10.9. The monoisotopic (exact) mass is 376 g/mol. The van der Waals surface area contributed by atoms with Gasteiger partial charge in [-0.3, -0.25) is 4.79 Å². The second-order valence-corrected chi connectivity index (χ2v) is 6.66. The van der Waals surface area contributed by atoms with Crippen LogP contribution in [0.15, 0.2) is 60.8 Å². The van der Waals surface area contributed by atoms with Crippen molar-refractivity contribution in [2.75, 3.05) is 5.32 Å². The Balaban J connectivity index is 1.78. The van der Waals surface area contributed by atoms with Gasteiger partial charge in [-0.05, 0) is 37.6 Å². The van der Waals surface area contributed by atoms with Crippen molar-refractivity contribution in [3.63, 3.8) is 0 Å². The number of hydrogen-bond acceptors (Lipinski definition) is 3. The molecule has 4 rings (SSSR count). The van der Waals surface area contributed by atoms with Crippen molar-refractivity contribution in [3.05, 3.63) is 82.6 Å². The van der Waals surface area contributed by atoms with Crippen LogP contribution in [0.25, 0.3) is 16.7 Å². The molecule has 0 aliphatic heterocycles. The quantitative estimate of drug-likeness (QED) is 0.550. The van der Waals surface area contributed by atoms with E-state index in [1.54, 1.807) is 4.68 Å². The number of para-hydroxylation sites is 2. The van der Waals surface area contributed by atoms with E-state index >= 15 is 0 Å². The molecule has 1 amide bonds. The first-order valence-corrected chi connectivity index (χ1v) is 8.90. The number of halogens is 1. The second-order valence-electron chi connectivity index (χ2n) is 6.29. The van der Waals surface area contributed by atoms with Crippen LogP contribution in [0.4, 0.5) is 5.69 Å². The molecule has 0 fully saturated rings. The van der Waals surface area contributed by atoms with Gasteiger partial charge in [-0.25, -0.2) is 9.67 Å². The van der Waals surface area contributed by atoms with Gasteiger partial charge in [0.1, 0.15) is 0 Å². The van der Waals surface area contributed by atoms with Crippen molar-refractivity contribution >= 4 is 34.2 Å². The summed E-state index contributed by atoms with van der Waals surface area (Å²) >= 11 is 6.59. The highest BCUT2D eigenvalue weighted by atomic mass is 35.5. The number of pyridine rings is 1. The van der Waals surface area contributed by atoms with Gasteiger partial charge < -0.3 is 5.32 Å². The smallest absolute Gasteiger partial charge is 0.258 e. The Labute approximate surface area is 161 Å². The van der Waals surface area contributed by atoms with Gasteiger partial charge in [0.2, 0.25) is 0 Å². The lowest BCUT2D eigenvalue weighted by atomic mass is 10.1. The average Bonchev–Trinajstić information content (AvgIpc) is 3.02. The minimum atomic E-state index is -0.296. The molecule has 0 atom stereocenters. The molecule has 0 saturated carbocycles. The van der Waals surface area contributed by atoms with Crippen LogP contribution in [0, 0.1) is 13.8 Å². The van der Waals surface area contributed by atoms with Crippen molar-refractivity contribution in [2.24, 2.45) is 0 Å². The Morgan fingerprint density at radius 1 is 1.04 bits per heavy atom. The number of rotatable bonds is 3. The van der Waals surface area contributed by atoms with Gasteiger partial charge in [0.15, 0.2) is 5.65 Å². The van der Waals surface area contributed by atoms with Crippen LogP contribution >= 0.6 is 11.6 Å². The van der Waals surface area contributed by atoms with Gasteiger partial charge in [-0.2, -0.15) is 5.10 Å². The molecule has 134 valence electrons. The molecule has 0 spiro atoms. The predicted molar refractivity (Wildman–Crippen MR) is 108 cm³/mol. The Morgan fingerprint density at radius 3 is 2.48 bits per heavy atom. The van der Waals surface area contributed by atoms with E-state index in [9.17, 15) is 4.79 Å². The summed E-state index contributed by atoms with van der Waals surface area (Å²) in [4.78, 5) is 17.2. The van der Waals surface area contributed by atoms with Crippen molar-refractivity contribution in [2.45, 2.75) is 13.8 Å². The first-order valence-electron chi connectivity index (χ1n) is 8.52. The van der Waals surface area contributed by atoms with E-state index in [4.69, 9.17) is 11.6 Å². The lowest BCUT2D eigenvalue weighted by Crippen LogP contribution is -2.14.